The summed E-state index contributed by atoms with van der Waals surface area (Å²) in [5.41, 5.74) is 0. The molecule has 0 aliphatic rings. The van der Waals surface area contributed by atoms with Crippen LogP contribution in [0, 0.1) is 0 Å². The van der Waals surface area contributed by atoms with Crippen LogP contribution in [0.25, 0.3) is 0 Å². The van der Waals surface area contributed by atoms with E-state index in [1.54, 1.807) is 24.3 Å². The Kier molecular flexibility index (Phi) is 8.36. The second-order valence-corrected chi connectivity index (χ2v) is 3.32. The largest absolute Gasteiger partial charge is 0.631 e. The van der Waals surface area contributed by atoms with Crippen LogP contribution in [0.1, 0.15) is 0 Å². The number of phenols is 4. The second-order valence-electron chi connectivity index (χ2n) is 3.32. The average Bonchev–Trinajstić information content (AvgIpc) is 2.37. The standard InChI is InChI=1S/2C6H6O2.BH3O3/c2*7-5-3-1-2-4-6(5)8;2-1(3)4/h2*1-4,7-8H;2-4H. The van der Waals surface area contributed by atoms with Gasteiger partial charge in [-0.1, -0.05) is 24.3 Å². The van der Waals surface area contributed by atoms with Gasteiger partial charge in [0.2, 0.25) is 0 Å². The van der Waals surface area contributed by atoms with Gasteiger partial charge in [-0.3, -0.25) is 0 Å². The van der Waals surface area contributed by atoms with Crippen LogP contribution in [0.4, 0.5) is 0 Å². The molecule has 0 aliphatic carbocycles. The van der Waals surface area contributed by atoms with Crippen molar-refractivity contribution in [2.75, 3.05) is 0 Å². The first kappa shape index (κ1) is 17.6. The molecule has 8 heteroatoms. The Morgan fingerprint density at radius 2 is 0.650 bits per heavy atom. The van der Waals surface area contributed by atoms with E-state index < -0.39 is 7.32 Å². The third-order valence-electron chi connectivity index (χ3n) is 1.76. The maximum absolute atomic E-state index is 8.67. The van der Waals surface area contributed by atoms with E-state index >= 15 is 0 Å². The van der Waals surface area contributed by atoms with E-state index in [-0.39, 0.29) is 23.0 Å². The van der Waals surface area contributed by atoms with Crippen LogP contribution in [0.2, 0.25) is 0 Å². The zero-order chi connectivity index (χ0) is 15.5. The molecule has 0 aliphatic heterocycles. The summed E-state index contributed by atoms with van der Waals surface area (Å²) in [5, 5.41) is 56.2. The zero-order valence-corrected chi connectivity index (χ0v) is 10.3. The highest BCUT2D eigenvalue weighted by molar-refractivity contribution is 6.30. The van der Waals surface area contributed by atoms with Crippen LogP contribution < -0.4 is 0 Å². The minimum atomic E-state index is -2.17. The highest BCUT2D eigenvalue weighted by Gasteiger charge is 1.92. The van der Waals surface area contributed by atoms with E-state index in [9.17, 15) is 0 Å². The van der Waals surface area contributed by atoms with Gasteiger partial charge in [-0.25, -0.2) is 0 Å². The molecule has 0 bridgehead atoms. The lowest BCUT2D eigenvalue weighted by molar-refractivity contribution is 0.278. The summed E-state index contributed by atoms with van der Waals surface area (Å²) in [4.78, 5) is 0. The molecule has 0 saturated heterocycles. The first-order chi connectivity index (χ1) is 9.34. The SMILES string of the molecule is OB(O)O.Oc1ccccc1O.Oc1ccccc1O. The topological polar surface area (TPSA) is 142 Å². The van der Waals surface area contributed by atoms with Gasteiger partial charge in [-0.2, -0.15) is 0 Å². The summed E-state index contributed by atoms with van der Waals surface area (Å²) in [6, 6.07) is 12.3. The summed E-state index contributed by atoms with van der Waals surface area (Å²) in [6.45, 7) is 0. The normalized spacial score (nSPS) is 8.55. The Hall–Kier alpha value is -2.42. The van der Waals surface area contributed by atoms with Gasteiger partial charge in [0.1, 0.15) is 0 Å². The van der Waals surface area contributed by atoms with E-state index in [0.29, 0.717) is 0 Å². The predicted octanol–water partition coefficient (Wildman–Crippen LogP) is 0.144. The van der Waals surface area contributed by atoms with Crippen molar-refractivity contribution in [2.24, 2.45) is 0 Å². The number of hydrogen-bond acceptors (Lipinski definition) is 7. The van der Waals surface area contributed by atoms with Crippen molar-refractivity contribution in [3.63, 3.8) is 0 Å². The van der Waals surface area contributed by atoms with E-state index in [1.807, 2.05) is 0 Å². The predicted molar refractivity (Wildman–Crippen MR) is 72.0 cm³/mol. The van der Waals surface area contributed by atoms with Crippen molar-refractivity contribution >= 4 is 7.32 Å². The van der Waals surface area contributed by atoms with Gasteiger partial charge >= 0.3 is 7.32 Å². The zero-order valence-electron chi connectivity index (χ0n) is 10.3. The van der Waals surface area contributed by atoms with Crippen molar-refractivity contribution < 1.29 is 35.5 Å². The van der Waals surface area contributed by atoms with Gasteiger partial charge in [-0.15, -0.1) is 0 Å². The van der Waals surface area contributed by atoms with Crippen LogP contribution in [0.3, 0.4) is 0 Å². The third-order valence-corrected chi connectivity index (χ3v) is 1.76. The Balaban J connectivity index is 0.000000289. The molecule has 0 heterocycles. The van der Waals surface area contributed by atoms with Crippen LogP contribution in [0.5, 0.6) is 23.0 Å². The molecular weight excluding hydrogens is 267 g/mol. The molecule has 0 atom stereocenters. The molecule has 0 spiro atoms. The summed E-state index contributed by atoms with van der Waals surface area (Å²) in [5.74, 6) is -0.306. The van der Waals surface area contributed by atoms with Gasteiger partial charge < -0.3 is 35.5 Å². The molecule has 108 valence electrons. The van der Waals surface area contributed by atoms with E-state index in [2.05, 4.69) is 0 Å². The molecule has 0 saturated carbocycles. The number of benzene rings is 2. The lowest BCUT2D eigenvalue weighted by Gasteiger charge is -1.91. The summed E-state index contributed by atoms with van der Waals surface area (Å²) in [6.07, 6.45) is 0. The number of rotatable bonds is 0. The van der Waals surface area contributed by atoms with Crippen molar-refractivity contribution in [1.82, 2.24) is 0 Å². The van der Waals surface area contributed by atoms with Gasteiger partial charge in [0.25, 0.3) is 0 Å². The summed E-state index contributed by atoms with van der Waals surface area (Å²) < 4.78 is 0. The number of para-hydroxylation sites is 4. The molecule has 0 amide bonds. The van der Waals surface area contributed by atoms with Crippen LogP contribution in [0.15, 0.2) is 48.5 Å². The van der Waals surface area contributed by atoms with E-state index in [0.717, 1.165) is 0 Å². The monoisotopic (exact) mass is 282 g/mol. The minimum absolute atomic E-state index is 0.0764. The Morgan fingerprint density at radius 3 is 0.750 bits per heavy atom. The van der Waals surface area contributed by atoms with Gasteiger partial charge in [0, 0.05) is 0 Å². The lowest BCUT2D eigenvalue weighted by atomic mass is 10.3. The van der Waals surface area contributed by atoms with E-state index in [4.69, 9.17) is 35.5 Å². The molecule has 7 N–H and O–H groups in total. The lowest BCUT2D eigenvalue weighted by Crippen LogP contribution is -2.07. The average molecular weight is 282 g/mol. The molecule has 0 unspecified atom stereocenters. The molecule has 2 rings (SSSR count). The van der Waals surface area contributed by atoms with Gasteiger partial charge in [-0.05, 0) is 24.3 Å². The number of phenolic OH excluding ortho intramolecular Hbond substituents is 4. The molecular formula is C12H15BO7. The Labute approximate surface area is 115 Å². The summed E-state index contributed by atoms with van der Waals surface area (Å²) >= 11 is 0. The van der Waals surface area contributed by atoms with Crippen LogP contribution in [-0.4, -0.2) is 42.8 Å². The molecule has 7 nitrogen and oxygen atoms in total. The molecule has 0 radical (unpaired) electrons. The van der Waals surface area contributed by atoms with Gasteiger partial charge in [0.05, 0.1) is 0 Å². The van der Waals surface area contributed by atoms with Crippen molar-refractivity contribution in [2.45, 2.75) is 0 Å². The van der Waals surface area contributed by atoms with E-state index in [1.165, 1.54) is 24.3 Å². The molecule has 2 aromatic rings. The fraction of sp³-hybridized carbons (Fsp3) is 0. The van der Waals surface area contributed by atoms with Crippen molar-refractivity contribution in [3.05, 3.63) is 48.5 Å². The second kappa shape index (κ2) is 9.51. The minimum Gasteiger partial charge on any atom is -0.504 e. The van der Waals surface area contributed by atoms with Crippen molar-refractivity contribution in [3.8, 4) is 23.0 Å². The highest BCUT2D eigenvalue weighted by Crippen LogP contribution is 2.21. The first-order valence-corrected chi connectivity index (χ1v) is 5.32. The molecule has 20 heavy (non-hydrogen) atoms. The fourth-order valence-electron chi connectivity index (χ4n) is 0.928. The Morgan fingerprint density at radius 1 is 0.500 bits per heavy atom. The van der Waals surface area contributed by atoms with Crippen molar-refractivity contribution in [1.29, 1.82) is 0 Å². The quantitative estimate of drug-likeness (QED) is 0.269. The highest BCUT2D eigenvalue weighted by atomic mass is 16.5. The Bertz CT molecular complexity index is 416. The summed E-state index contributed by atoms with van der Waals surface area (Å²) in [7, 11) is -2.17. The number of hydrogen-bond donors (Lipinski definition) is 7. The maximum atomic E-state index is 8.67. The van der Waals surface area contributed by atoms with Crippen LogP contribution >= 0.6 is 0 Å². The molecule has 0 aromatic heterocycles. The smallest absolute Gasteiger partial charge is 0.504 e. The molecule has 2 aromatic carbocycles. The first-order valence-electron chi connectivity index (χ1n) is 5.32. The fourth-order valence-corrected chi connectivity index (χ4v) is 0.928. The van der Waals surface area contributed by atoms with Crippen LogP contribution in [-0.2, 0) is 0 Å². The molecule has 0 fully saturated rings. The number of aromatic hydroxyl groups is 4. The third kappa shape index (κ3) is 8.64. The maximum Gasteiger partial charge on any atom is 0.631 e. The van der Waals surface area contributed by atoms with Gasteiger partial charge in [0.15, 0.2) is 23.0 Å².